The van der Waals surface area contributed by atoms with E-state index >= 15 is 0 Å². The second kappa shape index (κ2) is 2.59. The lowest BCUT2D eigenvalue weighted by Gasteiger charge is -1.85. The van der Waals surface area contributed by atoms with Gasteiger partial charge in [-0.3, -0.25) is 0 Å². The highest BCUT2D eigenvalue weighted by Gasteiger charge is 1.63. The van der Waals surface area contributed by atoms with Gasteiger partial charge in [-0.2, -0.15) is 4.53 Å². The monoisotopic (exact) mass is 102 g/mol. The number of hydrogen-bond donors (Lipinski definition) is 0. The van der Waals surface area contributed by atoms with Crippen LogP contribution in [0.2, 0.25) is 0 Å². The third-order valence-corrected chi connectivity index (χ3v) is 0.475. The molecular weight excluding hydrogens is 96.1 g/mol. The molecule has 0 N–H and O–H groups in total. The van der Waals surface area contributed by atoms with Gasteiger partial charge in [-0.15, -0.1) is 0 Å². The zero-order valence-electron chi connectivity index (χ0n) is 3.59. The van der Waals surface area contributed by atoms with Crippen LogP contribution in [-0.4, -0.2) is 14.9 Å². The maximum absolute atomic E-state index is 9.78. The molecule has 0 aliphatic rings. The lowest BCUT2D eigenvalue weighted by Crippen LogP contribution is -1.87. The molecule has 0 saturated carbocycles. The van der Waals surface area contributed by atoms with Gasteiger partial charge < -0.3 is 5.21 Å². The van der Waals surface area contributed by atoms with Crippen molar-refractivity contribution in [1.29, 1.82) is 0 Å². The minimum absolute atomic E-state index is 0.418. The molecule has 0 spiro atoms. The fourth-order valence-corrected chi connectivity index (χ4v) is 0.278. The summed E-state index contributed by atoms with van der Waals surface area (Å²) >= 11 is 0. The first-order chi connectivity index (χ1) is 2.77. The van der Waals surface area contributed by atoms with E-state index in [1.807, 2.05) is 0 Å². The van der Waals surface area contributed by atoms with Crippen molar-refractivity contribution >= 4 is 10.4 Å². The Morgan fingerprint density at radius 2 is 2.50 bits per heavy atom. The first-order valence-corrected chi connectivity index (χ1v) is 2.39. The summed E-state index contributed by atoms with van der Waals surface area (Å²) in [5, 5.41) is 13.0. The molecule has 4 heteroatoms. The molecule has 0 bridgehead atoms. The van der Waals surface area contributed by atoms with Crippen LogP contribution in [0.3, 0.4) is 0 Å². The number of nitrogens with zero attached hydrogens (tertiary/aromatic N) is 2. The number of rotatable bonds is 1. The summed E-state index contributed by atoms with van der Waals surface area (Å²) in [5.41, 5.74) is 0. The van der Waals surface area contributed by atoms with Gasteiger partial charge in [0, 0.05) is 0 Å². The highest BCUT2D eigenvalue weighted by Crippen LogP contribution is 1.64. The molecule has 0 aliphatic heterocycles. The lowest BCUT2D eigenvalue weighted by atomic mass is 11.1. The molecule has 0 amide bonds. The van der Waals surface area contributed by atoms with Gasteiger partial charge in [0.2, 0.25) is 0 Å². The van der Waals surface area contributed by atoms with E-state index in [4.69, 9.17) is 0 Å². The van der Waals surface area contributed by atoms with Crippen molar-refractivity contribution in [3.63, 3.8) is 0 Å². The normalized spacial score (nSPS) is 11.7. The van der Waals surface area contributed by atoms with Crippen LogP contribution in [0.5, 0.6) is 0 Å². The highest BCUT2D eigenvalue weighted by atomic mass is 28.2. The van der Waals surface area contributed by atoms with Crippen molar-refractivity contribution in [2.75, 3.05) is 0 Å². The number of hydrogen-bond acceptors (Lipinski definition) is 2. The van der Waals surface area contributed by atoms with Gasteiger partial charge in [-0.25, -0.2) is 0 Å². The Hall–Kier alpha value is -0.643. The molecule has 0 heterocycles. The second-order valence-electron chi connectivity index (χ2n) is 0.762. The average Bonchev–Trinajstić information content (AvgIpc) is 1.35. The summed E-state index contributed by atoms with van der Waals surface area (Å²) in [6.07, 6.45) is 1.22. The molecule has 3 nitrogen and oxygen atoms in total. The van der Waals surface area contributed by atoms with E-state index in [1.165, 1.54) is 6.20 Å². The van der Waals surface area contributed by atoms with E-state index in [9.17, 15) is 5.21 Å². The summed E-state index contributed by atoms with van der Waals surface area (Å²) in [5.74, 6) is 0. The third-order valence-electron chi connectivity index (χ3n) is 0.244. The van der Waals surface area contributed by atoms with Crippen molar-refractivity contribution in [2.24, 2.45) is 5.11 Å². The molecule has 0 aliphatic carbocycles. The van der Waals surface area contributed by atoms with Gasteiger partial charge in [-0.1, -0.05) is 6.58 Å². The van der Waals surface area contributed by atoms with E-state index in [-0.39, 0.29) is 0 Å². The molecule has 0 saturated heterocycles. The van der Waals surface area contributed by atoms with Crippen LogP contribution >= 0.6 is 0 Å². The summed E-state index contributed by atoms with van der Waals surface area (Å²) < 4.78 is 0.576. The van der Waals surface area contributed by atoms with Crippen molar-refractivity contribution in [2.45, 2.75) is 0 Å². The van der Waals surface area contributed by atoms with Crippen LogP contribution in [0.4, 0.5) is 0 Å². The third kappa shape index (κ3) is 3.36. The molecule has 0 rings (SSSR count). The Morgan fingerprint density at radius 1 is 2.00 bits per heavy atom. The maximum atomic E-state index is 9.78. The fraction of sp³-hybridized carbons (Fsp3) is 0. The Morgan fingerprint density at radius 3 is 2.50 bits per heavy atom. The van der Waals surface area contributed by atoms with Gasteiger partial charge in [0.1, 0.15) is 0 Å². The molecule has 0 radical (unpaired) electrons. The van der Waals surface area contributed by atoms with Crippen LogP contribution in [0.15, 0.2) is 17.9 Å². The molecule has 0 fully saturated rings. The lowest BCUT2D eigenvalue weighted by molar-refractivity contribution is -0.368. The SMILES string of the molecule is C=C/N=[N+](\[O-])[SiH3]. The fourth-order valence-electron chi connectivity index (χ4n) is 0.115. The zero-order valence-corrected chi connectivity index (χ0v) is 5.59. The summed E-state index contributed by atoms with van der Waals surface area (Å²) in [7, 11) is 0.418. The smallest absolute Gasteiger partial charge is 0.354 e. The predicted octanol–water partition coefficient (Wildman–Crippen LogP) is -0.627. The van der Waals surface area contributed by atoms with Gasteiger partial charge in [0.15, 0.2) is 0 Å². The molecular formula is C2H6N2OSi. The quantitative estimate of drug-likeness (QED) is 0.247. The summed E-state index contributed by atoms with van der Waals surface area (Å²) in [6, 6.07) is 0. The van der Waals surface area contributed by atoms with Gasteiger partial charge in [0.05, 0.1) is 6.20 Å². The molecule has 0 aromatic rings. The van der Waals surface area contributed by atoms with Gasteiger partial charge >= 0.3 is 10.4 Å². The van der Waals surface area contributed by atoms with Gasteiger partial charge in [0.25, 0.3) is 0 Å². The average molecular weight is 102 g/mol. The van der Waals surface area contributed by atoms with Gasteiger partial charge in [-0.05, 0) is 5.11 Å². The zero-order chi connectivity index (χ0) is 4.99. The first-order valence-electron chi connectivity index (χ1n) is 1.50. The minimum atomic E-state index is 0.418. The Labute approximate surface area is 39.1 Å². The minimum Gasteiger partial charge on any atom is -0.621 e. The van der Waals surface area contributed by atoms with Crippen LogP contribution in [0, 0.1) is 5.21 Å². The predicted molar refractivity (Wildman–Crippen MR) is 26.2 cm³/mol. The van der Waals surface area contributed by atoms with Crippen molar-refractivity contribution in [3.05, 3.63) is 18.0 Å². The van der Waals surface area contributed by atoms with Crippen LogP contribution in [-0.2, 0) is 0 Å². The topological polar surface area (TPSA) is 38.4 Å². The van der Waals surface area contributed by atoms with E-state index in [2.05, 4.69) is 11.7 Å². The molecule has 0 aromatic carbocycles. The molecule has 0 atom stereocenters. The Balaban J connectivity index is 3.41. The van der Waals surface area contributed by atoms with Crippen LogP contribution in [0.25, 0.3) is 0 Å². The first kappa shape index (κ1) is 5.36. The highest BCUT2D eigenvalue weighted by molar-refractivity contribution is 5.95. The van der Waals surface area contributed by atoms with Crippen LogP contribution < -0.4 is 0 Å². The Kier molecular flexibility index (Phi) is 2.31. The molecule has 0 unspecified atom stereocenters. The Bertz CT molecular complexity index is 75.6. The van der Waals surface area contributed by atoms with E-state index in [1.54, 1.807) is 0 Å². The van der Waals surface area contributed by atoms with Crippen molar-refractivity contribution in [1.82, 2.24) is 0 Å². The molecule has 34 valence electrons. The maximum Gasteiger partial charge on any atom is 0.354 e. The summed E-state index contributed by atoms with van der Waals surface area (Å²) in [6.45, 7) is 3.21. The second-order valence-corrected chi connectivity index (χ2v) is 1.53. The van der Waals surface area contributed by atoms with E-state index in [0.29, 0.717) is 14.9 Å². The summed E-state index contributed by atoms with van der Waals surface area (Å²) in [4.78, 5) is 0. The largest absolute Gasteiger partial charge is 0.621 e. The van der Waals surface area contributed by atoms with E-state index < -0.39 is 0 Å². The molecule has 0 aromatic heterocycles. The van der Waals surface area contributed by atoms with E-state index in [0.717, 1.165) is 0 Å². The van der Waals surface area contributed by atoms with Crippen molar-refractivity contribution < 1.29 is 4.53 Å². The molecule has 6 heavy (non-hydrogen) atoms. The van der Waals surface area contributed by atoms with Crippen LogP contribution in [0.1, 0.15) is 0 Å². The standard InChI is InChI=1S/C2H6N2OSi/c1-2-3-4(5)6/h2H,1H2,6H3/b4-3+. The van der Waals surface area contributed by atoms with Crippen molar-refractivity contribution in [3.8, 4) is 0 Å².